The summed E-state index contributed by atoms with van der Waals surface area (Å²) in [6.07, 6.45) is 0.688. The smallest absolute Gasteiger partial charge is 0.321 e. The Hall–Kier alpha value is -1.97. The van der Waals surface area contributed by atoms with Gasteiger partial charge in [0, 0.05) is 19.2 Å². The van der Waals surface area contributed by atoms with Gasteiger partial charge in [-0.2, -0.15) is 4.72 Å². The molecule has 1 atom stereocenters. The molecule has 0 radical (unpaired) electrons. The van der Waals surface area contributed by atoms with Crippen LogP contribution in [0.25, 0.3) is 0 Å². The lowest BCUT2D eigenvalue weighted by atomic mass is 10.2. The van der Waals surface area contributed by atoms with Gasteiger partial charge in [-0.1, -0.05) is 19.4 Å². The molecule has 1 rings (SSSR count). The van der Waals surface area contributed by atoms with Crippen LogP contribution in [0.4, 0.5) is 0 Å². The number of ether oxygens (including phenoxy) is 1. The third kappa shape index (κ3) is 5.91. The topological polar surface area (TPSA) is 122 Å². The molecule has 1 aromatic rings. The lowest BCUT2D eigenvalue weighted by Gasteiger charge is -2.14. The first kappa shape index (κ1) is 20.1. The van der Waals surface area contributed by atoms with Gasteiger partial charge in [-0.05, 0) is 24.6 Å². The summed E-state index contributed by atoms with van der Waals surface area (Å²) in [4.78, 5) is 22.9. The number of nitrogens with one attached hydrogen (secondary N) is 2. The summed E-state index contributed by atoms with van der Waals surface area (Å²) in [5.74, 6) is -1.68. The second-order valence-corrected chi connectivity index (χ2v) is 6.79. The summed E-state index contributed by atoms with van der Waals surface area (Å²) in [6.45, 7) is 2.39. The van der Waals surface area contributed by atoms with Crippen molar-refractivity contribution in [2.45, 2.75) is 30.7 Å². The molecular weight excluding hydrogens is 336 g/mol. The monoisotopic (exact) mass is 358 g/mol. The van der Waals surface area contributed by atoms with Crippen LogP contribution >= 0.6 is 0 Å². The molecular formula is C15H22N2O6S. The molecule has 3 N–H and O–H groups in total. The van der Waals surface area contributed by atoms with Crippen molar-refractivity contribution in [2.24, 2.45) is 0 Å². The first-order chi connectivity index (χ1) is 11.3. The average Bonchev–Trinajstić information content (AvgIpc) is 2.54. The van der Waals surface area contributed by atoms with Crippen molar-refractivity contribution < 1.29 is 27.9 Å². The van der Waals surface area contributed by atoms with Gasteiger partial charge in [0.1, 0.15) is 6.04 Å². The molecule has 0 saturated heterocycles. The fraction of sp³-hybridized carbons (Fsp3) is 0.467. The van der Waals surface area contributed by atoms with Gasteiger partial charge in [-0.3, -0.25) is 9.59 Å². The summed E-state index contributed by atoms with van der Waals surface area (Å²) in [7, 11) is -2.54. The van der Waals surface area contributed by atoms with Gasteiger partial charge in [0.2, 0.25) is 10.0 Å². The minimum absolute atomic E-state index is 0.163. The number of aliphatic carboxylic acids is 1. The van der Waals surface area contributed by atoms with Crippen molar-refractivity contribution in [3.63, 3.8) is 0 Å². The van der Waals surface area contributed by atoms with E-state index in [1.54, 1.807) is 6.92 Å². The lowest BCUT2D eigenvalue weighted by molar-refractivity contribution is -0.139. The molecule has 8 nitrogen and oxygen atoms in total. The predicted molar refractivity (Wildman–Crippen MR) is 87.3 cm³/mol. The molecule has 0 aliphatic carbocycles. The standard InChI is InChI=1S/C15H22N2O6S/c1-3-5-13(15(19)20)17-24(21,22)12-7-4-6-11(10-12)14(18)16-8-9-23-2/h4,6-7,10,13,17H,3,5,8-9H2,1-2H3,(H,16,18)(H,19,20). The molecule has 1 amide bonds. The van der Waals surface area contributed by atoms with Gasteiger partial charge in [0.25, 0.3) is 5.91 Å². The van der Waals surface area contributed by atoms with Gasteiger partial charge >= 0.3 is 5.97 Å². The normalized spacial score (nSPS) is 12.6. The van der Waals surface area contributed by atoms with Crippen LogP contribution in [-0.2, 0) is 19.6 Å². The van der Waals surface area contributed by atoms with E-state index in [4.69, 9.17) is 9.84 Å². The Kier molecular flexibility index (Phi) is 7.83. The number of sulfonamides is 1. The van der Waals surface area contributed by atoms with Crippen LogP contribution < -0.4 is 10.0 Å². The largest absolute Gasteiger partial charge is 0.480 e. The molecule has 0 spiro atoms. The molecule has 24 heavy (non-hydrogen) atoms. The Morgan fingerprint density at radius 3 is 2.62 bits per heavy atom. The number of carbonyl (C=O) groups is 2. The molecule has 0 aromatic heterocycles. The van der Waals surface area contributed by atoms with E-state index >= 15 is 0 Å². The van der Waals surface area contributed by atoms with E-state index in [9.17, 15) is 18.0 Å². The molecule has 1 aromatic carbocycles. The molecule has 134 valence electrons. The Balaban J connectivity index is 2.94. The summed E-state index contributed by atoms with van der Waals surface area (Å²) < 4.78 is 31.6. The Bertz CT molecular complexity index is 674. The van der Waals surface area contributed by atoms with Crippen LogP contribution in [0.3, 0.4) is 0 Å². The van der Waals surface area contributed by atoms with Crippen LogP contribution in [0.5, 0.6) is 0 Å². The number of carboxylic acid groups (broad SMARTS) is 1. The molecule has 9 heteroatoms. The number of carbonyl (C=O) groups excluding carboxylic acids is 1. The highest BCUT2D eigenvalue weighted by Crippen LogP contribution is 2.13. The minimum atomic E-state index is -4.04. The van der Waals surface area contributed by atoms with E-state index in [-0.39, 0.29) is 16.9 Å². The maximum Gasteiger partial charge on any atom is 0.321 e. The zero-order chi connectivity index (χ0) is 18.2. The third-order valence-electron chi connectivity index (χ3n) is 3.17. The van der Waals surface area contributed by atoms with Crippen LogP contribution in [0.1, 0.15) is 30.1 Å². The lowest BCUT2D eigenvalue weighted by Crippen LogP contribution is -2.40. The number of amides is 1. The van der Waals surface area contributed by atoms with E-state index < -0.39 is 27.9 Å². The van der Waals surface area contributed by atoms with E-state index in [1.807, 2.05) is 0 Å². The van der Waals surface area contributed by atoms with Gasteiger partial charge in [-0.15, -0.1) is 0 Å². The fourth-order valence-corrected chi connectivity index (χ4v) is 3.22. The van der Waals surface area contributed by atoms with Crippen LogP contribution in [0, 0.1) is 0 Å². The van der Waals surface area contributed by atoms with Crippen molar-refractivity contribution >= 4 is 21.9 Å². The van der Waals surface area contributed by atoms with E-state index in [2.05, 4.69) is 10.0 Å². The SMILES string of the molecule is CCCC(NS(=O)(=O)c1cccc(C(=O)NCCOC)c1)C(=O)O. The van der Waals surface area contributed by atoms with Gasteiger partial charge in [-0.25, -0.2) is 8.42 Å². The van der Waals surface area contributed by atoms with E-state index in [0.717, 1.165) is 0 Å². The fourth-order valence-electron chi connectivity index (χ4n) is 1.95. The number of hydrogen-bond donors (Lipinski definition) is 3. The minimum Gasteiger partial charge on any atom is -0.480 e. The average molecular weight is 358 g/mol. The molecule has 0 saturated carbocycles. The van der Waals surface area contributed by atoms with E-state index in [0.29, 0.717) is 19.6 Å². The molecule has 0 aliphatic heterocycles. The molecule has 0 aliphatic rings. The number of hydrogen-bond acceptors (Lipinski definition) is 5. The van der Waals surface area contributed by atoms with Crippen molar-refractivity contribution in [3.05, 3.63) is 29.8 Å². The van der Waals surface area contributed by atoms with Gasteiger partial charge in [0.15, 0.2) is 0 Å². The molecule has 0 bridgehead atoms. The zero-order valence-corrected chi connectivity index (χ0v) is 14.4. The zero-order valence-electron chi connectivity index (χ0n) is 13.6. The Morgan fingerprint density at radius 2 is 2.04 bits per heavy atom. The Labute approximate surface area is 141 Å². The summed E-state index contributed by atoms with van der Waals surface area (Å²) in [5.41, 5.74) is 0.163. The number of carboxylic acids is 1. The van der Waals surface area contributed by atoms with Crippen molar-refractivity contribution in [3.8, 4) is 0 Å². The Morgan fingerprint density at radius 1 is 1.33 bits per heavy atom. The van der Waals surface area contributed by atoms with Crippen molar-refractivity contribution in [2.75, 3.05) is 20.3 Å². The summed E-state index contributed by atoms with van der Waals surface area (Å²) in [6, 6.07) is 4.20. The maximum absolute atomic E-state index is 12.3. The number of methoxy groups -OCH3 is 1. The number of rotatable bonds is 10. The van der Waals surface area contributed by atoms with Crippen molar-refractivity contribution in [1.29, 1.82) is 0 Å². The summed E-state index contributed by atoms with van der Waals surface area (Å²) in [5, 5.41) is 11.7. The van der Waals surface area contributed by atoms with Crippen LogP contribution in [0.15, 0.2) is 29.2 Å². The first-order valence-electron chi connectivity index (χ1n) is 7.44. The predicted octanol–water partition coefficient (Wildman–Crippen LogP) is 0.594. The highest BCUT2D eigenvalue weighted by molar-refractivity contribution is 7.89. The maximum atomic E-state index is 12.3. The highest BCUT2D eigenvalue weighted by atomic mass is 32.2. The second kappa shape index (κ2) is 9.36. The number of benzene rings is 1. The quantitative estimate of drug-likeness (QED) is 0.526. The molecule has 0 fully saturated rings. The third-order valence-corrected chi connectivity index (χ3v) is 4.64. The van der Waals surface area contributed by atoms with Crippen LogP contribution in [-0.4, -0.2) is 51.7 Å². The first-order valence-corrected chi connectivity index (χ1v) is 8.92. The molecule has 0 heterocycles. The second-order valence-electron chi connectivity index (χ2n) is 5.08. The van der Waals surface area contributed by atoms with Gasteiger partial charge in [0.05, 0.1) is 11.5 Å². The summed E-state index contributed by atoms with van der Waals surface area (Å²) >= 11 is 0. The van der Waals surface area contributed by atoms with Crippen molar-refractivity contribution in [1.82, 2.24) is 10.0 Å². The highest BCUT2D eigenvalue weighted by Gasteiger charge is 2.25. The van der Waals surface area contributed by atoms with E-state index in [1.165, 1.54) is 31.4 Å². The molecule has 1 unspecified atom stereocenters. The van der Waals surface area contributed by atoms with Gasteiger partial charge < -0.3 is 15.2 Å². The van der Waals surface area contributed by atoms with Crippen LogP contribution in [0.2, 0.25) is 0 Å².